The third-order valence-corrected chi connectivity index (χ3v) is 3.71. The van der Waals surface area contributed by atoms with Crippen LogP contribution in [0.25, 0.3) is 0 Å². The van der Waals surface area contributed by atoms with Crippen LogP contribution < -0.4 is 11.1 Å². The molecule has 2 aromatic rings. The first kappa shape index (κ1) is 13.6. The Labute approximate surface area is 122 Å². The highest BCUT2D eigenvalue weighted by atomic mass is 16.3. The number of nitrogens with one attached hydrogen (secondary N) is 1. The number of hydrogen-bond acceptors (Lipinski definition) is 4. The Balaban J connectivity index is 1.69. The number of nitrogens with zero attached hydrogens (tertiary/aromatic N) is 1. The molecule has 108 valence electrons. The maximum absolute atomic E-state index is 12.1. The molecule has 0 spiro atoms. The second-order valence-corrected chi connectivity index (χ2v) is 5.28. The minimum absolute atomic E-state index is 0.159. The normalized spacial score (nSPS) is 20.0. The lowest BCUT2D eigenvalue weighted by Gasteiger charge is -2.17. The van der Waals surface area contributed by atoms with Gasteiger partial charge in [0.05, 0.1) is 30.5 Å². The molecule has 5 heteroatoms. The van der Waals surface area contributed by atoms with E-state index in [-0.39, 0.29) is 18.4 Å². The zero-order chi connectivity index (χ0) is 14.8. The second kappa shape index (κ2) is 5.54. The molecular weight excluding hydrogens is 266 g/mol. The molecule has 1 heterocycles. The summed E-state index contributed by atoms with van der Waals surface area (Å²) in [6, 6.07) is 10.9. The smallest absolute Gasteiger partial charge is 0.226 e. The van der Waals surface area contributed by atoms with Crippen molar-refractivity contribution in [2.45, 2.75) is 25.0 Å². The van der Waals surface area contributed by atoms with Crippen LogP contribution in [0.1, 0.15) is 22.9 Å². The lowest BCUT2D eigenvalue weighted by atomic mass is 10.1. The molecule has 4 N–H and O–H groups in total. The number of amides is 1. The van der Waals surface area contributed by atoms with E-state index in [1.165, 1.54) is 6.20 Å². The number of pyridine rings is 1. The Morgan fingerprint density at radius 3 is 2.90 bits per heavy atom. The molecule has 1 aromatic heterocycles. The summed E-state index contributed by atoms with van der Waals surface area (Å²) < 4.78 is 0. The van der Waals surface area contributed by atoms with E-state index in [2.05, 4.69) is 10.3 Å². The second-order valence-electron chi connectivity index (χ2n) is 5.28. The number of aliphatic hydroxyl groups is 1. The fourth-order valence-corrected chi connectivity index (χ4v) is 2.68. The largest absolute Gasteiger partial charge is 0.397 e. The van der Waals surface area contributed by atoms with Gasteiger partial charge < -0.3 is 16.2 Å². The summed E-state index contributed by atoms with van der Waals surface area (Å²) in [6.45, 7) is 0. The minimum Gasteiger partial charge on any atom is -0.397 e. The van der Waals surface area contributed by atoms with Crippen LogP contribution in [0.2, 0.25) is 0 Å². The molecule has 0 saturated carbocycles. The van der Waals surface area contributed by atoms with Crippen molar-refractivity contribution in [1.82, 2.24) is 10.3 Å². The zero-order valence-electron chi connectivity index (χ0n) is 11.5. The highest BCUT2D eigenvalue weighted by Crippen LogP contribution is 2.31. The van der Waals surface area contributed by atoms with Crippen LogP contribution in [0.15, 0.2) is 42.6 Å². The Bertz CT molecular complexity index is 655. The number of carbonyl (C=O) groups excluding carboxylic acids is 1. The molecule has 1 aliphatic carbocycles. The quantitative estimate of drug-likeness (QED) is 0.783. The molecule has 0 fully saturated rings. The molecular formula is C16H17N3O2. The van der Waals surface area contributed by atoms with Crippen molar-refractivity contribution in [3.8, 4) is 0 Å². The summed E-state index contributed by atoms with van der Waals surface area (Å²) in [7, 11) is 0. The Hall–Kier alpha value is -2.40. The van der Waals surface area contributed by atoms with Crippen molar-refractivity contribution in [1.29, 1.82) is 0 Å². The average molecular weight is 283 g/mol. The third kappa shape index (κ3) is 2.87. The molecule has 0 bridgehead atoms. The highest BCUT2D eigenvalue weighted by Gasteiger charge is 2.31. The van der Waals surface area contributed by atoms with Crippen molar-refractivity contribution >= 4 is 11.6 Å². The fraction of sp³-hybridized carbons (Fsp3) is 0.250. The number of aromatic nitrogens is 1. The van der Waals surface area contributed by atoms with Gasteiger partial charge in [-0.1, -0.05) is 24.3 Å². The highest BCUT2D eigenvalue weighted by molar-refractivity contribution is 5.79. The van der Waals surface area contributed by atoms with Crippen LogP contribution in [-0.4, -0.2) is 22.1 Å². The topological polar surface area (TPSA) is 88.2 Å². The van der Waals surface area contributed by atoms with Crippen molar-refractivity contribution in [3.05, 3.63) is 59.4 Å². The average Bonchev–Trinajstić information content (AvgIpc) is 2.78. The number of benzene rings is 1. The van der Waals surface area contributed by atoms with Crippen LogP contribution in [0.3, 0.4) is 0 Å². The predicted octanol–water partition coefficient (Wildman–Crippen LogP) is 0.981. The van der Waals surface area contributed by atoms with Gasteiger partial charge in [0, 0.05) is 12.1 Å². The van der Waals surface area contributed by atoms with Gasteiger partial charge in [-0.25, -0.2) is 0 Å². The van der Waals surface area contributed by atoms with Gasteiger partial charge in [-0.3, -0.25) is 9.78 Å². The molecule has 1 aromatic carbocycles. The number of nitrogen functional groups attached to an aromatic ring is 1. The number of nitrogens with two attached hydrogens (primary N) is 1. The molecule has 0 saturated heterocycles. The van der Waals surface area contributed by atoms with E-state index in [1.807, 2.05) is 24.3 Å². The summed E-state index contributed by atoms with van der Waals surface area (Å²) in [5.74, 6) is -0.159. The summed E-state index contributed by atoms with van der Waals surface area (Å²) in [5.41, 5.74) is 8.86. The molecule has 0 unspecified atom stereocenters. The molecule has 0 radical (unpaired) electrons. The van der Waals surface area contributed by atoms with Crippen LogP contribution in [-0.2, 0) is 17.6 Å². The monoisotopic (exact) mass is 283 g/mol. The Morgan fingerprint density at radius 2 is 2.14 bits per heavy atom. The molecule has 2 atom stereocenters. The maximum atomic E-state index is 12.1. The number of carbonyl (C=O) groups is 1. The van der Waals surface area contributed by atoms with Gasteiger partial charge in [0.15, 0.2) is 0 Å². The zero-order valence-corrected chi connectivity index (χ0v) is 11.5. The van der Waals surface area contributed by atoms with Crippen LogP contribution >= 0.6 is 0 Å². The molecule has 3 rings (SSSR count). The van der Waals surface area contributed by atoms with E-state index in [0.717, 1.165) is 11.1 Å². The standard InChI is InChI=1S/C16H17N3O2/c17-11-5-6-12(18-9-11)8-15(21)19-16-13-4-2-1-3-10(13)7-14(16)20/h1-6,9,14,16,20H,7-8,17H2,(H,19,21)/t14-,16+/m1/s1. The van der Waals surface area contributed by atoms with Crippen LogP contribution in [0.5, 0.6) is 0 Å². The maximum Gasteiger partial charge on any atom is 0.226 e. The Kier molecular flexibility index (Phi) is 3.58. The van der Waals surface area contributed by atoms with Gasteiger partial charge in [0.25, 0.3) is 0 Å². The molecule has 1 aliphatic rings. The first-order valence-corrected chi connectivity index (χ1v) is 6.89. The summed E-state index contributed by atoms with van der Waals surface area (Å²) >= 11 is 0. The van der Waals surface area contributed by atoms with Gasteiger partial charge in [-0.15, -0.1) is 0 Å². The molecule has 21 heavy (non-hydrogen) atoms. The number of aliphatic hydroxyl groups excluding tert-OH is 1. The van der Waals surface area contributed by atoms with E-state index in [9.17, 15) is 9.90 Å². The SMILES string of the molecule is Nc1ccc(CC(=O)N[C@H]2c3ccccc3C[C@H]2O)nc1. The Morgan fingerprint density at radius 1 is 1.33 bits per heavy atom. The predicted molar refractivity (Wildman–Crippen MR) is 79.4 cm³/mol. The number of rotatable bonds is 3. The van der Waals surface area contributed by atoms with Crippen LogP contribution in [0, 0.1) is 0 Å². The van der Waals surface area contributed by atoms with Crippen molar-refractivity contribution in [3.63, 3.8) is 0 Å². The number of fused-ring (bicyclic) bond motifs is 1. The summed E-state index contributed by atoms with van der Waals surface area (Å²) in [5, 5.41) is 13.0. The van der Waals surface area contributed by atoms with E-state index in [1.54, 1.807) is 12.1 Å². The lowest BCUT2D eigenvalue weighted by Crippen LogP contribution is -2.34. The van der Waals surface area contributed by atoms with Gasteiger partial charge in [-0.05, 0) is 23.3 Å². The van der Waals surface area contributed by atoms with E-state index < -0.39 is 6.10 Å². The van der Waals surface area contributed by atoms with E-state index in [4.69, 9.17) is 5.73 Å². The first-order chi connectivity index (χ1) is 10.1. The van der Waals surface area contributed by atoms with Crippen molar-refractivity contribution in [2.24, 2.45) is 0 Å². The summed E-state index contributed by atoms with van der Waals surface area (Å²) in [6.07, 6.45) is 1.70. The molecule has 5 nitrogen and oxygen atoms in total. The van der Waals surface area contributed by atoms with Gasteiger partial charge >= 0.3 is 0 Å². The van der Waals surface area contributed by atoms with Gasteiger partial charge in [0.1, 0.15) is 0 Å². The van der Waals surface area contributed by atoms with E-state index >= 15 is 0 Å². The lowest BCUT2D eigenvalue weighted by molar-refractivity contribution is -0.122. The summed E-state index contributed by atoms with van der Waals surface area (Å²) in [4.78, 5) is 16.2. The molecule has 0 aliphatic heterocycles. The fourth-order valence-electron chi connectivity index (χ4n) is 2.68. The molecule has 1 amide bonds. The number of hydrogen-bond donors (Lipinski definition) is 3. The first-order valence-electron chi connectivity index (χ1n) is 6.89. The number of anilines is 1. The van der Waals surface area contributed by atoms with Crippen molar-refractivity contribution < 1.29 is 9.90 Å². The van der Waals surface area contributed by atoms with Gasteiger partial charge in [0.2, 0.25) is 5.91 Å². The van der Waals surface area contributed by atoms with Gasteiger partial charge in [-0.2, -0.15) is 0 Å². The van der Waals surface area contributed by atoms with Crippen molar-refractivity contribution in [2.75, 3.05) is 5.73 Å². The van der Waals surface area contributed by atoms with Crippen LogP contribution in [0.4, 0.5) is 5.69 Å². The minimum atomic E-state index is -0.578. The van der Waals surface area contributed by atoms with E-state index in [0.29, 0.717) is 17.8 Å². The third-order valence-electron chi connectivity index (χ3n) is 3.71.